The summed E-state index contributed by atoms with van der Waals surface area (Å²) < 4.78 is 34.4. The number of quaternary nitrogens is 1. The van der Waals surface area contributed by atoms with E-state index in [2.05, 4.69) is 0 Å². The molecule has 0 spiro atoms. The fraction of sp³-hybridized carbons (Fsp3) is 1.00. The third kappa shape index (κ3) is 6.33. The molecule has 1 atom stereocenters. The van der Waals surface area contributed by atoms with Crippen LogP contribution in [0.2, 0.25) is 0 Å². The molecule has 1 fully saturated rings. The van der Waals surface area contributed by atoms with Gasteiger partial charge >= 0.3 is 9.15 Å². The van der Waals surface area contributed by atoms with Crippen LogP contribution in [-0.2, 0) is 13.9 Å². The predicted octanol–water partition coefficient (Wildman–Crippen LogP) is -2.20. The molecule has 6 nitrogen and oxygen atoms in total. The number of aliphatic hydroxyl groups excluding tert-OH is 1. The summed E-state index contributed by atoms with van der Waals surface area (Å²) in [5.74, 6) is 0.00317. The van der Waals surface area contributed by atoms with Gasteiger partial charge in [0.1, 0.15) is 25.7 Å². The van der Waals surface area contributed by atoms with E-state index in [0.717, 1.165) is 13.1 Å². The molecule has 0 aromatic carbocycles. The van der Waals surface area contributed by atoms with Gasteiger partial charge in [0.25, 0.3) is 0 Å². The van der Waals surface area contributed by atoms with Crippen LogP contribution < -0.4 is 4.90 Å². The third-order valence-electron chi connectivity index (χ3n) is 2.13. The second-order valence-corrected chi connectivity index (χ2v) is 6.83. The summed E-state index contributed by atoms with van der Waals surface area (Å²) >= 11 is 0. The largest absolute Gasteiger partial charge is 0.386 e. The number of ether oxygens (including phenoxy) is 1. The highest BCUT2D eigenvalue weighted by Crippen LogP contribution is 2.09. The van der Waals surface area contributed by atoms with Gasteiger partial charge in [-0.15, -0.1) is 0 Å². The van der Waals surface area contributed by atoms with Crippen molar-refractivity contribution in [1.82, 2.24) is 0 Å². The fourth-order valence-electron chi connectivity index (χ4n) is 1.42. The van der Waals surface area contributed by atoms with Crippen molar-refractivity contribution in [3.63, 3.8) is 0 Å². The van der Waals surface area contributed by atoms with Gasteiger partial charge < -0.3 is 14.7 Å². The zero-order valence-electron chi connectivity index (χ0n) is 8.26. The molecule has 0 bridgehead atoms. The molecule has 1 unspecified atom stereocenters. The van der Waals surface area contributed by atoms with Crippen LogP contribution >= 0.6 is 10.8 Å². The fourth-order valence-corrected chi connectivity index (χ4v) is 2.85. The molecule has 15 heavy (non-hydrogen) atoms. The Morgan fingerprint density at radius 1 is 1.40 bits per heavy atom. The number of morpholine rings is 1. The van der Waals surface area contributed by atoms with E-state index in [4.69, 9.17) is 9.29 Å². The molecule has 8 heteroatoms. The molecule has 90 valence electrons. The summed E-state index contributed by atoms with van der Waals surface area (Å²) in [4.78, 5) is 1.20. The van der Waals surface area contributed by atoms with E-state index in [1.54, 1.807) is 0 Å². The van der Waals surface area contributed by atoms with Gasteiger partial charge in [-0.3, -0.25) is 4.55 Å². The lowest BCUT2D eigenvalue weighted by molar-refractivity contribution is -0.910. The zero-order valence-corrected chi connectivity index (χ0v) is 9.89. The standard InChI is InChI=1S/C7H15NO5S2/c9-7(6-14-15(10,11)12)5-8-1-3-13-4-2-8/h7,9H,1-6H2,(H,10,11,12)/p+1. The second-order valence-electron chi connectivity index (χ2n) is 3.43. The summed E-state index contributed by atoms with van der Waals surface area (Å²) in [6.45, 7) is 3.49. The lowest BCUT2D eigenvalue weighted by Gasteiger charge is -2.25. The Morgan fingerprint density at radius 3 is 2.53 bits per heavy atom. The minimum Gasteiger partial charge on any atom is -0.386 e. The van der Waals surface area contributed by atoms with Crippen LogP contribution in [0.3, 0.4) is 0 Å². The normalized spacial score (nSPS) is 21.5. The van der Waals surface area contributed by atoms with Crippen LogP contribution in [0.4, 0.5) is 0 Å². The van der Waals surface area contributed by atoms with Gasteiger partial charge in [0.15, 0.2) is 0 Å². The summed E-state index contributed by atoms with van der Waals surface area (Å²) in [5, 5.41) is 9.51. The van der Waals surface area contributed by atoms with Crippen LogP contribution in [0.15, 0.2) is 0 Å². The Labute approximate surface area is 92.7 Å². The molecular weight excluding hydrogens is 242 g/mol. The van der Waals surface area contributed by atoms with Gasteiger partial charge in [-0.1, -0.05) is 0 Å². The van der Waals surface area contributed by atoms with Crippen molar-refractivity contribution in [2.75, 3.05) is 38.6 Å². The Kier molecular flexibility index (Phi) is 5.30. The Morgan fingerprint density at radius 2 is 2.00 bits per heavy atom. The molecule has 1 heterocycles. The number of nitrogens with one attached hydrogen (secondary N) is 1. The number of hydrogen-bond acceptors (Lipinski definition) is 5. The van der Waals surface area contributed by atoms with E-state index in [-0.39, 0.29) is 5.75 Å². The number of rotatable bonds is 5. The molecule has 1 aliphatic heterocycles. The summed E-state index contributed by atoms with van der Waals surface area (Å²) in [7, 11) is -3.67. The first kappa shape index (κ1) is 13.2. The molecule has 1 saturated heterocycles. The quantitative estimate of drug-likeness (QED) is 0.383. The third-order valence-corrected chi connectivity index (χ3v) is 4.25. The Hall–Kier alpha value is 0.140. The van der Waals surface area contributed by atoms with Crippen molar-refractivity contribution in [3.8, 4) is 0 Å². The van der Waals surface area contributed by atoms with Crippen LogP contribution in [0, 0.1) is 0 Å². The van der Waals surface area contributed by atoms with Crippen molar-refractivity contribution in [2.45, 2.75) is 6.10 Å². The summed E-state index contributed by atoms with van der Waals surface area (Å²) in [6.07, 6.45) is -0.718. The molecule has 0 aromatic rings. The predicted molar refractivity (Wildman–Crippen MR) is 56.4 cm³/mol. The maximum absolute atomic E-state index is 10.4. The zero-order chi connectivity index (χ0) is 11.3. The minimum absolute atomic E-state index is 0.00317. The molecule has 0 amide bonds. The first-order chi connectivity index (χ1) is 6.97. The van der Waals surface area contributed by atoms with Crippen molar-refractivity contribution >= 4 is 19.9 Å². The second kappa shape index (κ2) is 6.02. The SMILES string of the molecule is O=S(=O)(O)SCC(O)C[NH+]1CCOCC1. The van der Waals surface area contributed by atoms with E-state index < -0.39 is 15.3 Å². The average molecular weight is 258 g/mol. The van der Waals surface area contributed by atoms with Crippen LogP contribution in [0.1, 0.15) is 0 Å². The first-order valence-corrected chi connectivity index (χ1v) is 7.63. The van der Waals surface area contributed by atoms with Crippen LogP contribution in [0.25, 0.3) is 0 Å². The van der Waals surface area contributed by atoms with Gasteiger partial charge in [-0.05, 0) is 10.8 Å². The van der Waals surface area contributed by atoms with E-state index >= 15 is 0 Å². The Bertz CT molecular complexity index is 275. The molecule has 0 aromatic heterocycles. The maximum atomic E-state index is 10.4. The smallest absolute Gasteiger partial charge is 0.319 e. The van der Waals surface area contributed by atoms with E-state index in [1.165, 1.54) is 4.90 Å². The monoisotopic (exact) mass is 258 g/mol. The minimum atomic E-state index is -4.04. The topological polar surface area (TPSA) is 88.3 Å². The van der Waals surface area contributed by atoms with Crippen molar-refractivity contribution in [2.24, 2.45) is 0 Å². The summed E-state index contributed by atoms with van der Waals surface area (Å²) in [5.41, 5.74) is 0. The Balaban J connectivity index is 2.20. The van der Waals surface area contributed by atoms with Gasteiger partial charge in [0.2, 0.25) is 0 Å². The van der Waals surface area contributed by atoms with Crippen molar-refractivity contribution < 1.29 is 27.7 Å². The molecule has 0 radical (unpaired) electrons. The molecular formula is C7H16NO5S2+. The highest BCUT2D eigenvalue weighted by Gasteiger charge is 2.19. The first-order valence-electron chi connectivity index (χ1n) is 4.68. The van der Waals surface area contributed by atoms with Crippen molar-refractivity contribution in [1.29, 1.82) is 0 Å². The van der Waals surface area contributed by atoms with E-state index in [9.17, 15) is 13.5 Å². The van der Waals surface area contributed by atoms with Crippen molar-refractivity contribution in [3.05, 3.63) is 0 Å². The lowest BCUT2D eigenvalue weighted by Crippen LogP contribution is -3.15. The molecule has 1 rings (SSSR count). The number of hydrogen-bond donors (Lipinski definition) is 3. The molecule has 0 aliphatic carbocycles. The molecule has 3 N–H and O–H groups in total. The van der Waals surface area contributed by atoms with Gasteiger partial charge in [0.05, 0.1) is 13.2 Å². The summed E-state index contributed by atoms with van der Waals surface area (Å²) in [6, 6.07) is 0. The van der Waals surface area contributed by atoms with Gasteiger partial charge in [-0.2, -0.15) is 8.42 Å². The molecule has 0 saturated carbocycles. The number of aliphatic hydroxyl groups is 1. The molecule has 1 aliphatic rings. The maximum Gasteiger partial charge on any atom is 0.319 e. The van der Waals surface area contributed by atoms with Gasteiger partial charge in [0, 0.05) is 5.75 Å². The van der Waals surface area contributed by atoms with Crippen LogP contribution in [-0.4, -0.2) is 62.8 Å². The van der Waals surface area contributed by atoms with E-state index in [1.807, 2.05) is 0 Å². The van der Waals surface area contributed by atoms with E-state index in [0.29, 0.717) is 30.6 Å². The average Bonchev–Trinajstić information content (AvgIpc) is 2.15. The highest BCUT2D eigenvalue weighted by atomic mass is 33.1. The highest BCUT2D eigenvalue weighted by molar-refractivity contribution is 8.69. The lowest BCUT2D eigenvalue weighted by atomic mass is 10.3. The van der Waals surface area contributed by atoms with Crippen LogP contribution in [0.5, 0.6) is 0 Å². The van der Waals surface area contributed by atoms with Gasteiger partial charge in [-0.25, -0.2) is 0 Å².